The molecule has 1 aliphatic rings. The van der Waals surface area contributed by atoms with Crippen LogP contribution in [0.3, 0.4) is 0 Å². The highest BCUT2D eigenvalue weighted by molar-refractivity contribution is 5.82. The number of hydrazine groups is 1. The summed E-state index contributed by atoms with van der Waals surface area (Å²) in [6, 6.07) is 9.61. The summed E-state index contributed by atoms with van der Waals surface area (Å²) < 4.78 is 0. The quantitative estimate of drug-likeness (QED) is 0.510. The molecule has 0 aliphatic carbocycles. The van der Waals surface area contributed by atoms with Gasteiger partial charge in [-0.05, 0) is 42.8 Å². The lowest BCUT2D eigenvalue weighted by atomic mass is 9.75. The average molecular weight is 289 g/mol. The normalized spacial score (nSPS) is 19.2. The van der Waals surface area contributed by atoms with Gasteiger partial charge in [0, 0.05) is 0 Å². The molecular formula is C17H27N3O. The molecule has 1 atom stereocenters. The maximum Gasteiger partial charge on any atom is 0.255 e. The second-order valence-corrected chi connectivity index (χ2v) is 7.00. The third kappa shape index (κ3) is 3.83. The molecule has 1 saturated heterocycles. The number of carbonyl (C=O) groups is 1. The average Bonchev–Trinajstić information content (AvgIpc) is 2.48. The number of nitrogens with two attached hydrogens (primary N) is 1. The number of amides is 1. The van der Waals surface area contributed by atoms with Crippen molar-refractivity contribution in [1.82, 2.24) is 10.3 Å². The number of hydrogen-bond donors (Lipinski definition) is 2. The van der Waals surface area contributed by atoms with E-state index in [0.29, 0.717) is 11.3 Å². The smallest absolute Gasteiger partial charge is 0.255 e. The van der Waals surface area contributed by atoms with E-state index in [9.17, 15) is 4.79 Å². The fourth-order valence-corrected chi connectivity index (χ4v) is 3.27. The zero-order valence-corrected chi connectivity index (χ0v) is 13.3. The molecule has 0 aromatic heterocycles. The molecule has 1 unspecified atom stereocenters. The van der Waals surface area contributed by atoms with Crippen LogP contribution < -0.4 is 11.3 Å². The number of carbonyl (C=O) groups excluding carboxylic acids is 1. The zero-order chi connectivity index (χ0) is 15.5. The molecule has 1 amide bonds. The summed E-state index contributed by atoms with van der Waals surface area (Å²) in [6.07, 6.45) is 2.26. The molecule has 0 spiro atoms. The Hall–Kier alpha value is -1.39. The summed E-state index contributed by atoms with van der Waals surface area (Å²) in [7, 11) is 0. The van der Waals surface area contributed by atoms with Crippen molar-refractivity contribution in [3.63, 3.8) is 0 Å². The van der Waals surface area contributed by atoms with Crippen LogP contribution in [0.25, 0.3) is 0 Å². The van der Waals surface area contributed by atoms with Crippen LogP contribution in [0, 0.1) is 11.3 Å². The van der Waals surface area contributed by atoms with Crippen molar-refractivity contribution < 1.29 is 4.79 Å². The van der Waals surface area contributed by atoms with Crippen molar-refractivity contribution in [3.8, 4) is 0 Å². The second-order valence-electron chi connectivity index (χ2n) is 7.00. The first-order chi connectivity index (χ1) is 9.93. The molecule has 4 heteroatoms. The number of likely N-dealkylation sites (tertiary alicyclic amines) is 1. The van der Waals surface area contributed by atoms with E-state index in [0.717, 1.165) is 31.5 Å². The Labute approximate surface area is 127 Å². The summed E-state index contributed by atoms with van der Waals surface area (Å²) >= 11 is 0. The second kappa shape index (κ2) is 6.58. The molecule has 0 bridgehead atoms. The summed E-state index contributed by atoms with van der Waals surface area (Å²) in [5, 5.41) is 0. The van der Waals surface area contributed by atoms with Gasteiger partial charge in [0.1, 0.15) is 6.04 Å². The molecule has 0 radical (unpaired) electrons. The topological polar surface area (TPSA) is 58.4 Å². The monoisotopic (exact) mass is 289 g/mol. The Morgan fingerprint density at radius 2 is 1.81 bits per heavy atom. The van der Waals surface area contributed by atoms with E-state index in [1.165, 1.54) is 0 Å². The lowest BCUT2D eigenvalue weighted by molar-refractivity contribution is -0.127. The van der Waals surface area contributed by atoms with Crippen molar-refractivity contribution in [1.29, 1.82) is 0 Å². The number of benzene rings is 1. The van der Waals surface area contributed by atoms with Gasteiger partial charge in [0.05, 0.1) is 0 Å². The van der Waals surface area contributed by atoms with Gasteiger partial charge < -0.3 is 0 Å². The standard InChI is InChI=1S/C17H27N3O/c1-17(2,3)14-9-11-20(12-10-14)15(16(21)19-18)13-7-5-4-6-8-13/h4-8,14-15H,9-12,18H2,1-3H3,(H,19,21). The van der Waals surface area contributed by atoms with Crippen LogP contribution in [0.5, 0.6) is 0 Å². The SMILES string of the molecule is CC(C)(C)C1CCN(C(C(=O)NN)c2ccccc2)CC1. The van der Waals surface area contributed by atoms with Gasteiger partial charge >= 0.3 is 0 Å². The molecule has 4 nitrogen and oxygen atoms in total. The van der Waals surface area contributed by atoms with Gasteiger partial charge in [0.15, 0.2) is 0 Å². The van der Waals surface area contributed by atoms with E-state index in [4.69, 9.17) is 5.84 Å². The highest BCUT2D eigenvalue weighted by Crippen LogP contribution is 2.36. The molecule has 1 aromatic carbocycles. The van der Waals surface area contributed by atoms with E-state index in [2.05, 4.69) is 31.1 Å². The first-order valence-corrected chi connectivity index (χ1v) is 7.73. The van der Waals surface area contributed by atoms with Crippen molar-refractivity contribution in [3.05, 3.63) is 35.9 Å². The molecule has 1 aromatic rings. The van der Waals surface area contributed by atoms with Gasteiger partial charge in [-0.1, -0.05) is 51.1 Å². The number of nitrogens with one attached hydrogen (secondary N) is 1. The van der Waals surface area contributed by atoms with Gasteiger partial charge in [-0.2, -0.15) is 0 Å². The highest BCUT2D eigenvalue weighted by Gasteiger charge is 2.34. The first-order valence-electron chi connectivity index (χ1n) is 7.73. The minimum Gasteiger partial charge on any atom is -0.293 e. The lowest BCUT2D eigenvalue weighted by Gasteiger charge is -2.41. The fourth-order valence-electron chi connectivity index (χ4n) is 3.27. The van der Waals surface area contributed by atoms with Gasteiger partial charge in [-0.25, -0.2) is 5.84 Å². The Kier molecular flexibility index (Phi) is 5.01. The van der Waals surface area contributed by atoms with Crippen LogP contribution in [-0.2, 0) is 4.79 Å². The molecule has 1 heterocycles. The molecule has 1 aliphatic heterocycles. The largest absolute Gasteiger partial charge is 0.293 e. The van der Waals surface area contributed by atoms with Crippen molar-refractivity contribution in [2.75, 3.05) is 13.1 Å². The van der Waals surface area contributed by atoms with Gasteiger partial charge in [-0.3, -0.25) is 15.1 Å². The number of nitrogens with zero attached hydrogens (tertiary/aromatic N) is 1. The maximum absolute atomic E-state index is 12.2. The first kappa shape index (κ1) is 16.0. The summed E-state index contributed by atoms with van der Waals surface area (Å²) in [5.74, 6) is 5.97. The van der Waals surface area contributed by atoms with E-state index in [-0.39, 0.29) is 11.9 Å². The van der Waals surface area contributed by atoms with Crippen LogP contribution in [-0.4, -0.2) is 23.9 Å². The Bertz CT molecular complexity index is 459. The van der Waals surface area contributed by atoms with E-state index in [1.54, 1.807) is 0 Å². The molecule has 21 heavy (non-hydrogen) atoms. The van der Waals surface area contributed by atoms with Gasteiger partial charge in [0.2, 0.25) is 0 Å². The van der Waals surface area contributed by atoms with E-state index in [1.807, 2.05) is 30.3 Å². The Balaban J connectivity index is 2.12. The minimum absolute atomic E-state index is 0.129. The molecule has 1 fully saturated rings. The predicted molar refractivity (Wildman–Crippen MR) is 85.3 cm³/mol. The third-order valence-electron chi connectivity index (χ3n) is 4.63. The molecule has 116 valence electrons. The fraction of sp³-hybridized carbons (Fsp3) is 0.588. The highest BCUT2D eigenvalue weighted by atomic mass is 16.2. The molecule has 0 saturated carbocycles. The van der Waals surface area contributed by atoms with Crippen LogP contribution >= 0.6 is 0 Å². The number of rotatable bonds is 3. The molecule has 3 N–H and O–H groups in total. The van der Waals surface area contributed by atoms with Gasteiger partial charge in [-0.15, -0.1) is 0 Å². The van der Waals surface area contributed by atoms with Crippen molar-refractivity contribution in [2.45, 2.75) is 39.7 Å². The summed E-state index contributed by atoms with van der Waals surface area (Å²) in [5.41, 5.74) is 3.67. The van der Waals surface area contributed by atoms with Crippen molar-refractivity contribution >= 4 is 5.91 Å². The number of hydrogen-bond acceptors (Lipinski definition) is 3. The van der Waals surface area contributed by atoms with Crippen LogP contribution in [0.15, 0.2) is 30.3 Å². The maximum atomic E-state index is 12.2. The Morgan fingerprint density at radius 3 is 2.29 bits per heavy atom. The zero-order valence-electron chi connectivity index (χ0n) is 13.3. The molecule has 2 rings (SSSR count). The molecular weight excluding hydrogens is 262 g/mol. The van der Waals surface area contributed by atoms with Crippen LogP contribution in [0.4, 0.5) is 0 Å². The van der Waals surface area contributed by atoms with E-state index >= 15 is 0 Å². The number of piperidine rings is 1. The predicted octanol–water partition coefficient (Wildman–Crippen LogP) is 2.48. The lowest BCUT2D eigenvalue weighted by Crippen LogP contribution is -2.47. The Morgan fingerprint density at radius 1 is 1.24 bits per heavy atom. The summed E-state index contributed by atoms with van der Waals surface area (Å²) in [6.45, 7) is 8.78. The summed E-state index contributed by atoms with van der Waals surface area (Å²) in [4.78, 5) is 14.5. The van der Waals surface area contributed by atoms with Crippen LogP contribution in [0.2, 0.25) is 0 Å². The van der Waals surface area contributed by atoms with E-state index < -0.39 is 0 Å². The van der Waals surface area contributed by atoms with Gasteiger partial charge in [0.25, 0.3) is 5.91 Å². The van der Waals surface area contributed by atoms with Crippen molar-refractivity contribution in [2.24, 2.45) is 17.2 Å². The van der Waals surface area contributed by atoms with Crippen LogP contribution in [0.1, 0.15) is 45.2 Å². The minimum atomic E-state index is -0.280. The third-order valence-corrected chi connectivity index (χ3v) is 4.63.